The van der Waals surface area contributed by atoms with E-state index in [1.165, 1.54) is 5.56 Å². The van der Waals surface area contributed by atoms with Gasteiger partial charge in [-0.2, -0.15) is 5.10 Å². The molecule has 0 bridgehead atoms. The van der Waals surface area contributed by atoms with Gasteiger partial charge in [-0.15, -0.1) is 0 Å². The van der Waals surface area contributed by atoms with Gasteiger partial charge >= 0.3 is 0 Å². The molecular formula is C19H24N4O. The van der Waals surface area contributed by atoms with Crippen molar-refractivity contribution < 1.29 is 4.52 Å². The minimum atomic E-state index is 0.324. The maximum atomic E-state index is 5.50. The predicted octanol–water partition coefficient (Wildman–Crippen LogP) is 4.01. The van der Waals surface area contributed by atoms with Crippen LogP contribution in [-0.2, 0) is 13.6 Å². The number of hydrogen-bond donors (Lipinski definition) is 1. The molecule has 0 spiro atoms. The zero-order valence-electron chi connectivity index (χ0n) is 14.5. The van der Waals surface area contributed by atoms with Crippen LogP contribution < -0.4 is 5.32 Å². The Hall–Kier alpha value is -2.40. The van der Waals surface area contributed by atoms with Crippen LogP contribution in [0.15, 0.2) is 47.1 Å². The minimum absolute atomic E-state index is 0.324. The fourth-order valence-electron chi connectivity index (χ4n) is 2.86. The first-order chi connectivity index (χ1) is 11.7. The van der Waals surface area contributed by atoms with E-state index in [9.17, 15) is 0 Å². The molecule has 0 radical (unpaired) electrons. The van der Waals surface area contributed by atoms with Crippen molar-refractivity contribution in [3.63, 3.8) is 0 Å². The molecule has 3 rings (SSSR count). The van der Waals surface area contributed by atoms with E-state index in [-0.39, 0.29) is 0 Å². The smallest absolute Gasteiger partial charge is 0.151 e. The number of rotatable bonds is 7. The van der Waals surface area contributed by atoms with Crippen molar-refractivity contribution in [1.82, 2.24) is 20.3 Å². The van der Waals surface area contributed by atoms with E-state index in [1.54, 1.807) is 0 Å². The minimum Gasteiger partial charge on any atom is -0.359 e. The Morgan fingerprint density at radius 2 is 2.04 bits per heavy atom. The highest BCUT2D eigenvalue weighted by atomic mass is 16.5. The second kappa shape index (κ2) is 7.45. The SMILES string of the molecule is CCCC(NCc1cc(-c2cnn(C)c2C)no1)c1ccccc1. The normalized spacial score (nSPS) is 12.5. The van der Waals surface area contributed by atoms with E-state index >= 15 is 0 Å². The molecule has 1 N–H and O–H groups in total. The zero-order valence-corrected chi connectivity index (χ0v) is 14.5. The Labute approximate surface area is 142 Å². The summed E-state index contributed by atoms with van der Waals surface area (Å²) in [6.45, 7) is 4.89. The number of aromatic nitrogens is 3. The third kappa shape index (κ3) is 3.57. The summed E-state index contributed by atoms with van der Waals surface area (Å²) in [5.74, 6) is 0.838. The molecule has 0 saturated heterocycles. The molecule has 0 amide bonds. The van der Waals surface area contributed by atoms with E-state index in [0.29, 0.717) is 12.6 Å². The summed E-state index contributed by atoms with van der Waals surface area (Å²) in [5, 5.41) is 12.0. The maximum absolute atomic E-state index is 5.50. The Balaban J connectivity index is 1.69. The van der Waals surface area contributed by atoms with Gasteiger partial charge in [-0.05, 0) is 18.9 Å². The van der Waals surface area contributed by atoms with Crippen molar-refractivity contribution >= 4 is 0 Å². The van der Waals surface area contributed by atoms with Crippen LogP contribution in [-0.4, -0.2) is 14.9 Å². The molecule has 3 aromatic rings. The molecule has 0 fully saturated rings. The summed E-state index contributed by atoms with van der Waals surface area (Å²) in [5.41, 5.74) is 4.24. The van der Waals surface area contributed by atoms with Gasteiger partial charge in [0.25, 0.3) is 0 Å². The average Bonchev–Trinajstić information content (AvgIpc) is 3.20. The van der Waals surface area contributed by atoms with Crippen LogP contribution in [0.25, 0.3) is 11.3 Å². The quantitative estimate of drug-likeness (QED) is 0.713. The van der Waals surface area contributed by atoms with Crippen LogP contribution in [0, 0.1) is 6.92 Å². The Bertz CT molecular complexity index is 776. The highest BCUT2D eigenvalue weighted by Crippen LogP contribution is 2.23. The molecule has 0 saturated carbocycles. The molecule has 0 aliphatic heterocycles. The van der Waals surface area contributed by atoms with E-state index < -0.39 is 0 Å². The standard InChI is InChI=1S/C19H24N4O/c1-4-8-18(15-9-6-5-7-10-15)20-12-16-11-19(22-24-16)17-13-21-23(3)14(17)2/h5-7,9-11,13,18,20H,4,8,12H2,1-3H3. The molecule has 126 valence electrons. The second-order valence-corrected chi connectivity index (χ2v) is 6.08. The highest BCUT2D eigenvalue weighted by Gasteiger charge is 2.14. The van der Waals surface area contributed by atoms with Crippen molar-refractivity contribution in [2.24, 2.45) is 7.05 Å². The first kappa shape index (κ1) is 16.5. The van der Waals surface area contributed by atoms with Crippen LogP contribution in [0.1, 0.15) is 42.8 Å². The van der Waals surface area contributed by atoms with Gasteiger partial charge in [0.15, 0.2) is 5.76 Å². The average molecular weight is 324 g/mol. The molecule has 1 atom stereocenters. The second-order valence-electron chi connectivity index (χ2n) is 6.08. The Morgan fingerprint density at radius 1 is 1.25 bits per heavy atom. The fraction of sp³-hybridized carbons (Fsp3) is 0.368. The largest absolute Gasteiger partial charge is 0.359 e. The molecule has 2 heterocycles. The molecule has 5 nitrogen and oxygen atoms in total. The van der Waals surface area contributed by atoms with Gasteiger partial charge in [-0.25, -0.2) is 0 Å². The first-order valence-electron chi connectivity index (χ1n) is 8.42. The lowest BCUT2D eigenvalue weighted by Gasteiger charge is -2.17. The van der Waals surface area contributed by atoms with Crippen LogP contribution in [0.4, 0.5) is 0 Å². The van der Waals surface area contributed by atoms with E-state index in [0.717, 1.165) is 35.6 Å². The summed E-state index contributed by atoms with van der Waals surface area (Å²) in [6, 6.07) is 12.9. The topological polar surface area (TPSA) is 55.9 Å². The van der Waals surface area contributed by atoms with Crippen molar-refractivity contribution in [2.75, 3.05) is 0 Å². The van der Waals surface area contributed by atoms with Crippen molar-refractivity contribution in [1.29, 1.82) is 0 Å². The molecule has 0 aliphatic rings. The summed E-state index contributed by atoms with van der Waals surface area (Å²) in [4.78, 5) is 0. The van der Waals surface area contributed by atoms with Gasteiger partial charge in [0.1, 0.15) is 5.69 Å². The van der Waals surface area contributed by atoms with Crippen LogP contribution >= 0.6 is 0 Å². The number of hydrogen-bond acceptors (Lipinski definition) is 4. The molecule has 2 aromatic heterocycles. The molecule has 1 unspecified atom stereocenters. The van der Waals surface area contributed by atoms with Crippen LogP contribution in [0.5, 0.6) is 0 Å². The fourth-order valence-corrected chi connectivity index (χ4v) is 2.86. The monoisotopic (exact) mass is 324 g/mol. The summed E-state index contributed by atoms with van der Waals surface area (Å²) >= 11 is 0. The number of nitrogens with zero attached hydrogens (tertiary/aromatic N) is 3. The van der Waals surface area contributed by atoms with Gasteiger partial charge in [-0.1, -0.05) is 48.8 Å². The maximum Gasteiger partial charge on any atom is 0.151 e. The van der Waals surface area contributed by atoms with Crippen molar-refractivity contribution in [3.8, 4) is 11.3 Å². The van der Waals surface area contributed by atoms with Crippen molar-refractivity contribution in [3.05, 3.63) is 59.6 Å². The van der Waals surface area contributed by atoms with Gasteiger partial charge < -0.3 is 9.84 Å². The van der Waals surface area contributed by atoms with E-state index in [2.05, 4.69) is 46.8 Å². The lowest BCUT2D eigenvalue weighted by Crippen LogP contribution is -2.20. The molecule has 1 aromatic carbocycles. The first-order valence-corrected chi connectivity index (χ1v) is 8.42. The molecule has 0 aliphatic carbocycles. The predicted molar refractivity (Wildman–Crippen MR) is 94.4 cm³/mol. The number of aryl methyl sites for hydroxylation is 1. The van der Waals surface area contributed by atoms with Crippen LogP contribution in [0.3, 0.4) is 0 Å². The lowest BCUT2D eigenvalue weighted by atomic mass is 10.0. The highest BCUT2D eigenvalue weighted by molar-refractivity contribution is 5.60. The third-order valence-electron chi connectivity index (χ3n) is 4.37. The third-order valence-corrected chi connectivity index (χ3v) is 4.37. The summed E-state index contributed by atoms with van der Waals surface area (Å²) in [7, 11) is 1.93. The van der Waals surface area contributed by atoms with Crippen molar-refractivity contribution in [2.45, 2.75) is 39.3 Å². The molecule has 5 heteroatoms. The summed E-state index contributed by atoms with van der Waals surface area (Å²) in [6.07, 6.45) is 4.05. The zero-order chi connectivity index (χ0) is 16.9. The Morgan fingerprint density at radius 3 is 2.71 bits per heavy atom. The molecular weight excluding hydrogens is 300 g/mol. The van der Waals surface area contributed by atoms with Gasteiger partial charge in [0, 0.05) is 30.4 Å². The van der Waals surface area contributed by atoms with Gasteiger partial charge in [-0.3, -0.25) is 4.68 Å². The van der Waals surface area contributed by atoms with E-state index in [1.807, 2.05) is 37.0 Å². The molecule has 24 heavy (non-hydrogen) atoms. The number of nitrogens with one attached hydrogen (secondary N) is 1. The van der Waals surface area contributed by atoms with E-state index in [4.69, 9.17) is 4.52 Å². The van der Waals surface area contributed by atoms with Crippen LogP contribution in [0.2, 0.25) is 0 Å². The van der Waals surface area contributed by atoms with Gasteiger partial charge in [0.2, 0.25) is 0 Å². The Kier molecular flexibility index (Phi) is 5.11. The van der Waals surface area contributed by atoms with Gasteiger partial charge in [0.05, 0.1) is 12.7 Å². The lowest BCUT2D eigenvalue weighted by molar-refractivity contribution is 0.361. The summed E-state index contributed by atoms with van der Waals surface area (Å²) < 4.78 is 7.34. The number of benzene rings is 1.